The van der Waals surface area contributed by atoms with E-state index in [0.717, 1.165) is 5.56 Å². The van der Waals surface area contributed by atoms with Crippen molar-refractivity contribution in [3.05, 3.63) is 101 Å². The number of likely N-dealkylation sites (N-methyl/N-ethyl adjacent to an activating group) is 1. The fourth-order valence-corrected chi connectivity index (χ4v) is 4.40. The van der Waals surface area contributed by atoms with Gasteiger partial charge in [-0.15, -0.1) is 0 Å². The summed E-state index contributed by atoms with van der Waals surface area (Å²) in [5, 5.41) is 11.3. The predicted octanol–water partition coefficient (Wildman–Crippen LogP) is 5.04. The average molecular weight is 515 g/mol. The summed E-state index contributed by atoms with van der Waals surface area (Å²) >= 11 is 0. The first-order chi connectivity index (χ1) is 18.2. The van der Waals surface area contributed by atoms with Gasteiger partial charge in [-0.3, -0.25) is 9.59 Å². The zero-order chi connectivity index (χ0) is 27.2. The smallest absolute Gasteiger partial charge is 0.295 e. The Balaban J connectivity index is 1.71. The number of aliphatic hydroxyl groups excluding tert-OH is 1. The number of hydrogen-bond donors (Lipinski definition) is 1. The van der Waals surface area contributed by atoms with Gasteiger partial charge in [-0.25, -0.2) is 0 Å². The quantitative estimate of drug-likeness (QED) is 0.232. The second-order valence-corrected chi connectivity index (χ2v) is 9.83. The molecule has 3 aromatic carbocycles. The number of aliphatic hydroxyl groups is 1. The lowest BCUT2D eigenvalue weighted by Gasteiger charge is -2.27. The lowest BCUT2D eigenvalue weighted by Crippen LogP contribution is -2.35. The molecule has 7 heteroatoms. The fourth-order valence-electron chi connectivity index (χ4n) is 4.40. The van der Waals surface area contributed by atoms with Crippen LogP contribution in [-0.2, 0) is 16.2 Å². The third-order valence-electron chi connectivity index (χ3n) is 6.25. The first-order valence-electron chi connectivity index (χ1n) is 12.7. The highest BCUT2D eigenvalue weighted by atomic mass is 16.5. The molecule has 1 fully saturated rings. The molecule has 3 aromatic rings. The highest BCUT2D eigenvalue weighted by Crippen LogP contribution is 2.40. The number of nitrogens with zero attached hydrogens (tertiary/aromatic N) is 2. The van der Waals surface area contributed by atoms with E-state index in [1.54, 1.807) is 24.3 Å². The van der Waals surface area contributed by atoms with E-state index in [2.05, 4.69) is 0 Å². The van der Waals surface area contributed by atoms with Crippen LogP contribution >= 0.6 is 0 Å². The third-order valence-corrected chi connectivity index (χ3v) is 6.25. The molecule has 0 aromatic heterocycles. The average Bonchev–Trinajstić information content (AvgIpc) is 3.16. The van der Waals surface area contributed by atoms with E-state index in [-0.39, 0.29) is 17.4 Å². The van der Waals surface area contributed by atoms with Crippen LogP contribution in [0.2, 0.25) is 0 Å². The van der Waals surface area contributed by atoms with Gasteiger partial charge in [0, 0.05) is 18.7 Å². The molecule has 0 saturated carbocycles. The van der Waals surface area contributed by atoms with Crippen molar-refractivity contribution in [2.24, 2.45) is 0 Å². The van der Waals surface area contributed by atoms with Crippen LogP contribution in [0.4, 0.5) is 0 Å². The number of carbonyl (C=O) groups excluding carboxylic acids is 2. The summed E-state index contributed by atoms with van der Waals surface area (Å²) in [4.78, 5) is 29.9. The number of ether oxygens (including phenoxy) is 2. The van der Waals surface area contributed by atoms with E-state index >= 15 is 0 Å². The molecule has 7 nitrogen and oxygen atoms in total. The first-order valence-corrected chi connectivity index (χ1v) is 12.7. The summed E-state index contributed by atoms with van der Waals surface area (Å²) in [6.07, 6.45) is 0.00727. The molecule has 0 spiro atoms. The van der Waals surface area contributed by atoms with Gasteiger partial charge in [0.05, 0.1) is 17.7 Å². The minimum Gasteiger partial charge on any atom is -0.507 e. The Morgan fingerprint density at radius 1 is 0.947 bits per heavy atom. The standard InChI is InChI=1S/C31H34N2O5/c1-21(2)38-25-15-13-23(14-16-25)29(34)27-28(33(18-17-32(3)4)31(36)30(27)35)24-11-8-12-26(19-24)37-20-22-9-6-5-7-10-22/h5-16,19,21,28,34H,17-18,20H2,1-4H3/b29-27-. The molecule has 0 radical (unpaired) electrons. The lowest BCUT2D eigenvalue weighted by molar-refractivity contribution is -0.140. The van der Waals surface area contributed by atoms with Gasteiger partial charge in [-0.2, -0.15) is 0 Å². The maximum absolute atomic E-state index is 13.3. The molecular weight excluding hydrogens is 480 g/mol. The number of amides is 1. The number of hydrogen-bond acceptors (Lipinski definition) is 6. The molecule has 0 aliphatic carbocycles. The number of carbonyl (C=O) groups is 2. The SMILES string of the molecule is CC(C)Oc1ccc(/C(O)=C2/C(=O)C(=O)N(CCN(C)C)C2c2cccc(OCc3ccccc3)c2)cc1. The number of ketones is 1. The Morgan fingerprint density at radius 3 is 2.32 bits per heavy atom. The van der Waals surface area contributed by atoms with E-state index in [0.29, 0.717) is 42.3 Å². The monoisotopic (exact) mass is 514 g/mol. The van der Waals surface area contributed by atoms with Crippen molar-refractivity contribution < 1.29 is 24.2 Å². The van der Waals surface area contributed by atoms with Crippen LogP contribution in [0.1, 0.15) is 36.6 Å². The molecule has 1 N–H and O–H groups in total. The molecule has 1 atom stereocenters. The molecule has 1 heterocycles. The van der Waals surface area contributed by atoms with E-state index < -0.39 is 17.7 Å². The molecular formula is C31H34N2O5. The maximum Gasteiger partial charge on any atom is 0.295 e. The summed E-state index contributed by atoms with van der Waals surface area (Å²) in [5.74, 6) is -0.284. The predicted molar refractivity (Wildman–Crippen MR) is 147 cm³/mol. The summed E-state index contributed by atoms with van der Waals surface area (Å²) in [7, 11) is 3.81. The summed E-state index contributed by atoms with van der Waals surface area (Å²) in [6.45, 7) is 5.14. The van der Waals surface area contributed by atoms with Crippen LogP contribution in [0, 0.1) is 0 Å². The Labute approximate surface area is 223 Å². The molecule has 1 aliphatic heterocycles. The largest absolute Gasteiger partial charge is 0.507 e. The van der Waals surface area contributed by atoms with Gasteiger partial charge >= 0.3 is 0 Å². The van der Waals surface area contributed by atoms with Crippen LogP contribution in [0.5, 0.6) is 11.5 Å². The van der Waals surface area contributed by atoms with Crippen LogP contribution in [-0.4, -0.2) is 59.9 Å². The zero-order valence-electron chi connectivity index (χ0n) is 22.3. The van der Waals surface area contributed by atoms with Gasteiger partial charge in [-0.05, 0) is 75.5 Å². The van der Waals surface area contributed by atoms with Gasteiger partial charge in [-0.1, -0.05) is 42.5 Å². The maximum atomic E-state index is 13.3. The fraction of sp³-hybridized carbons (Fsp3) is 0.290. The highest BCUT2D eigenvalue weighted by molar-refractivity contribution is 6.46. The van der Waals surface area contributed by atoms with E-state index in [1.165, 1.54) is 4.90 Å². The van der Waals surface area contributed by atoms with E-state index in [1.807, 2.05) is 87.4 Å². The van der Waals surface area contributed by atoms with Crippen LogP contribution in [0.25, 0.3) is 5.76 Å². The summed E-state index contributed by atoms with van der Waals surface area (Å²) < 4.78 is 11.7. The van der Waals surface area contributed by atoms with Crippen molar-refractivity contribution in [2.75, 3.05) is 27.2 Å². The molecule has 4 rings (SSSR count). The van der Waals surface area contributed by atoms with Gasteiger partial charge < -0.3 is 24.4 Å². The van der Waals surface area contributed by atoms with Crippen LogP contribution < -0.4 is 9.47 Å². The number of likely N-dealkylation sites (tertiary alicyclic amines) is 1. The molecule has 1 unspecified atom stereocenters. The van der Waals surface area contributed by atoms with Crippen molar-refractivity contribution in [3.63, 3.8) is 0 Å². The van der Waals surface area contributed by atoms with Gasteiger partial charge in [0.2, 0.25) is 0 Å². The van der Waals surface area contributed by atoms with E-state index in [9.17, 15) is 14.7 Å². The molecule has 0 bridgehead atoms. The Hall–Kier alpha value is -4.10. The first kappa shape index (κ1) is 26.9. The second-order valence-electron chi connectivity index (χ2n) is 9.83. The molecule has 1 aliphatic rings. The molecule has 1 saturated heterocycles. The van der Waals surface area contributed by atoms with E-state index in [4.69, 9.17) is 9.47 Å². The van der Waals surface area contributed by atoms with Gasteiger partial charge in [0.1, 0.15) is 23.9 Å². The van der Waals surface area contributed by atoms with Crippen LogP contribution in [0.15, 0.2) is 84.4 Å². The second kappa shape index (κ2) is 12.0. The van der Waals surface area contributed by atoms with Crippen molar-refractivity contribution >= 4 is 17.4 Å². The Morgan fingerprint density at radius 2 is 1.66 bits per heavy atom. The minimum atomic E-state index is -0.748. The van der Waals surface area contributed by atoms with Gasteiger partial charge in [0.25, 0.3) is 11.7 Å². The summed E-state index contributed by atoms with van der Waals surface area (Å²) in [5.41, 5.74) is 2.22. The topological polar surface area (TPSA) is 79.3 Å². The molecule has 198 valence electrons. The van der Waals surface area contributed by atoms with Crippen LogP contribution in [0.3, 0.4) is 0 Å². The normalized spacial score (nSPS) is 16.9. The third kappa shape index (κ3) is 6.23. The number of rotatable bonds is 10. The minimum absolute atomic E-state index is 0.00727. The number of benzene rings is 3. The Bertz CT molecular complexity index is 1300. The summed E-state index contributed by atoms with van der Waals surface area (Å²) in [6, 6.07) is 23.3. The zero-order valence-corrected chi connectivity index (χ0v) is 22.3. The molecule has 1 amide bonds. The Kier molecular flexibility index (Phi) is 8.48. The lowest BCUT2D eigenvalue weighted by atomic mass is 9.95. The van der Waals surface area contributed by atoms with Gasteiger partial charge in [0.15, 0.2) is 0 Å². The number of Topliss-reactive ketones (excluding diaryl/α,β-unsaturated/α-hetero) is 1. The van der Waals surface area contributed by atoms with Crippen molar-refractivity contribution in [1.82, 2.24) is 9.80 Å². The van der Waals surface area contributed by atoms with Crippen molar-refractivity contribution in [3.8, 4) is 11.5 Å². The highest BCUT2D eigenvalue weighted by Gasteiger charge is 2.46. The van der Waals surface area contributed by atoms with Crippen molar-refractivity contribution in [2.45, 2.75) is 32.6 Å². The molecule has 38 heavy (non-hydrogen) atoms. The van der Waals surface area contributed by atoms with Crippen molar-refractivity contribution in [1.29, 1.82) is 0 Å².